The summed E-state index contributed by atoms with van der Waals surface area (Å²) in [7, 11) is 1.53. The molecule has 43 heavy (non-hydrogen) atoms. The van der Waals surface area contributed by atoms with Crippen LogP contribution < -0.4 is 10.3 Å². The molecule has 0 bridgehead atoms. The van der Waals surface area contributed by atoms with Gasteiger partial charge < -0.3 is 9.64 Å². The minimum absolute atomic E-state index is 0.128. The van der Waals surface area contributed by atoms with Crippen molar-refractivity contribution in [2.75, 3.05) is 13.7 Å². The highest BCUT2D eigenvalue weighted by Crippen LogP contribution is 2.31. The van der Waals surface area contributed by atoms with Crippen molar-refractivity contribution in [3.05, 3.63) is 135 Å². The predicted molar refractivity (Wildman–Crippen MR) is 160 cm³/mol. The molecule has 0 spiro atoms. The number of hydrogen-bond acceptors (Lipinski definition) is 4. The minimum atomic E-state index is -4.62. The van der Waals surface area contributed by atoms with E-state index in [0.717, 1.165) is 17.7 Å². The van der Waals surface area contributed by atoms with Gasteiger partial charge in [0.2, 0.25) is 0 Å². The second-order valence-corrected chi connectivity index (χ2v) is 10.4. The van der Waals surface area contributed by atoms with Gasteiger partial charge in [-0.2, -0.15) is 13.2 Å². The molecule has 220 valence electrons. The molecule has 1 heterocycles. The third kappa shape index (κ3) is 6.41. The molecule has 5 aromatic rings. The third-order valence-corrected chi connectivity index (χ3v) is 7.45. The summed E-state index contributed by atoms with van der Waals surface area (Å²) in [5, 5.41) is 0.692. The van der Waals surface area contributed by atoms with E-state index in [2.05, 4.69) is 0 Å². The Morgan fingerprint density at radius 2 is 1.70 bits per heavy atom. The molecule has 5 rings (SSSR count). The number of rotatable bonds is 8. The number of aromatic nitrogens is 2. The van der Waals surface area contributed by atoms with E-state index in [-0.39, 0.29) is 23.5 Å². The topological polar surface area (TPSA) is 64.4 Å². The number of carbonyl (C=O) groups excluding carboxylic acids is 1. The summed E-state index contributed by atoms with van der Waals surface area (Å²) in [6.07, 6.45) is -4.20. The quantitative estimate of drug-likeness (QED) is 0.184. The van der Waals surface area contributed by atoms with Gasteiger partial charge in [-0.05, 0) is 79.6 Å². The van der Waals surface area contributed by atoms with Crippen molar-refractivity contribution < 1.29 is 22.7 Å². The summed E-state index contributed by atoms with van der Waals surface area (Å²) in [6.45, 7) is 1.85. The molecule has 0 N–H and O–H groups in total. The Morgan fingerprint density at radius 1 is 0.977 bits per heavy atom. The molecule has 1 unspecified atom stereocenters. The fourth-order valence-electron chi connectivity index (χ4n) is 4.94. The number of hydrogen-bond donors (Lipinski definition) is 0. The first-order valence-electron chi connectivity index (χ1n) is 13.5. The highest BCUT2D eigenvalue weighted by Gasteiger charge is 2.33. The molecule has 1 atom stereocenters. The number of amides is 1. The molecule has 6 nitrogen and oxygen atoms in total. The largest absolute Gasteiger partial charge is 0.497 e. The third-order valence-electron chi connectivity index (χ3n) is 7.21. The Labute approximate surface area is 250 Å². The Kier molecular flexibility index (Phi) is 8.54. The Balaban J connectivity index is 1.67. The van der Waals surface area contributed by atoms with Crippen LogP contribution in [0.15, 0.2) is 102 Å². The number of ether oxygens (including phenoxy) is 1. The van der Waals surface area contributed by atoms with Crippen LogP contribution in [-0.4, -0.2) is 34.0 Å². The molecule has 0 aliphatic rings. The predicted octanol–water partition coefficient (Wildman–Crippen LogP) is 7.51. The van der Waals surface area contributed by atoms with E-state index in [1.165, 1.54) is 28.7 Å². The molecule has 0 fully saturated rings. The van der Waals surface area contributed by atoms with Crippen LogP contribution in [0, 0.1) is 0 Å². The average molecular weight is 606 g/mol. The number of nitrogens with zero attached hydrogens (tertiary/aromatic N) is 3. The van der Waals surface area contributed by atoms with Crippen LogP contribution >= 0.6 is 11.6 Å². The van der Waals surface area contributed by atoms with Gasteiger partial charge in [0, 0.05) is 17.1 Å². The van der Waals surface area contributed by atoms with Gasteiger partial charge in [0.05, 0.1) is 35.3 Å². The highest BCUT2D eigenvalue weighted by atomic mass is 35.5. The zero-order chi connectivity index (χ0) is 30.7. The first-order valence-corrected chi connectivity index (χ1v) is 13.8. The summed E-state index contributed by atoms with van der Waals surface area (Å²) in [5.74, 6) is 0.172. The first-order chi connectivity index (χ1) is 20.6. The molecular weight excluding hydrogens is 579 g/mol. The number of carbonyl (C=O) groups is 1. The van der Waals surface area contributed by atoms with Crippen molar-refractivity contribution >= 4 is 28.4 Å². The van der Waals surface area contributed by atoms with Crippen LogP contribution in [0.4, 0.5) is 13.2 Å². The molecule has 0 aliphatic carbocycles. The van der Waals surface area contributed by atoms with Crippen LogP contribution in [0.25, 0.3) is 16.6 Å². The smallest absolute Gasteiger partial charge is 0.416 e. The lowest BCUT2D eigenvalue weighted by atomic mass is 10.1. The summed E-state index contributed by atoms with van der Waals surface area (Å²) in [4.78, 5) is 34.2. The van der Waals surface area contributed by atoms with Crippen molar-refractivity contribution in [3.8, 4) is 11.4 Å². The zero-order valence-corrected chi connectivity index (χ0v) is 24.1. The van der Waals surface area contributed by atoms with E-state index in [0.29, 0.717) is 33.8 Å². The minimum Gasteiger partial charge on any atom is -0.497 e. The molecular formula is C33H27ClF3N3O3. The van der Waals surface area contributed by atoms with Gasteiger partial charge in [0.1, 0.15) is 11.6 Å². The Bertz CT molecular complexity index is 1820. The van der Waals surface area contributed by atoms with E-state index in [9.17, 15) is 22.8 Å². The lowest BCUT2D eigenvalue weighted by Gasteiger charge is -2.31. The van der Waals surface area contributed by atoms with Crippen LogP contribution in [0.1, 0.15) is 40.3 Å². The van der Waals surface area contributed by atoms with Crippen LogP contribution in [0.5, 0.6) is 5.75 Å². The van der Waals surface area contributed by atoms with Gasteiger partial charge in [0.25, 0.3) is 11.5 Å². The van der Waals surface area contributed by atoms with E-state index < -0.39 is 23.7 Å². The maximum Gasteiger partial charge on any atom is 0.416 e. The Morgan fingerprint density at radius 3 is 2.37 bits per heavy atom. The Hall–Kier alpha value is -4.63. The van der Waals surface area contributed by atoms with Crippen LogP contribution in [-0.2, 0) is 12.6 Å². The summed E-state index contributed by atoms with van der Waals surface area (Å²) >= 11 is 6.24. The molecule has 10 heteroatoms. The normalized spacial score (nSPS) is 12.2. The lowest BCUT2D eigenvalue weighted by Crippen LogP contribution is -2.38. The summed E-state index contributed by atoms with van der Waals surface area (Å²) in [5.41, 5.74) is 0.301. The van der Waals surface area contributed by atoms with Crippen LogP contribution in [0.3, 0.4) is 0 Å². The molecule has 4 aromatic carbocycles. The number of benzene rings is 4. The second kappa shape index (κ2) is 12.3. The molecule has 0 saturated heterocycles. The van der Waals surface area contributed by atoms with E-state index in [1.807, 2.05) is 30.3 Å². The molecule has 1 amide bonds. The number of alkyl halides is 3. The maximum atomic E-state index is 14.0. The van der Waals surface area contributed by atoms with Gasteiger partial charge in [0.15, 0.2) is 0 Å². The van der Waals surface area contributed by atoms with Crippen molar-refractivity contribution in [3.63, 3.8) is 0 Å². The van der Waals surface area contributed by atoms with E-state index >= 15 is 0 Å². The summed E-state index contributed by atoms with van der Waals surface area (Å²) < 4.78 is 47.3. The van der Waals surface area contributed by atoms with Crippen molar-refractivity contribution in [1.29, 1.82) is 0 Å². The SMILES string of the molecule is COc1ccc(-n2c(C(C)N(CCc3ccccc3)C(=O)c3cccc(C(F)(F)F)c3)nc3cc(Cl)ccc3c2=O)cc1. The molecule has 0 radical (unpaired) electrons. The van der Waals surface area contributed by atoms with Crippen LogP contribution in [0.2, 0.25) is 5.02 Å². The van der Waals surface area contributed by atoms with Gasteiger partial charge in [-0.1, -0.05) is 48.0 Å². The van der Waals surface area contributed by atoms with Gasteiger partial charge in [-0.15, -0.1) is 0 Å². The lowest BCUT2D eigenvalue weighted by molar-refractivity contribution is -0.137. The van der Waals surface area contributed by atoms with Crippen molar-refractivity contribution in [1.82, 2.24) is 14.5 Å². The van der Waals surface area contributed by atoms with Crippen molar-refractivity contribution in [2.24, 2.45) is 0 Å². The molecule has 0 aliphatic heterocycles. The van der Waals surface area contributed by atoms with Gasteiger partial charge in [-0.25, -0.2) is 4.98 Å². The van der Waals surface area contributed by atoms with Gasteiger partial charge in [-0.3, -0.25) is 14.2 Å². The average Bonchev–Trinajstić information content (AvgIpc) is 3.01. The fourth-order valence-corrected chi connectivity index (χ4v) is 5.10. The van der Waals surface area contributed by atoms with Crippen molar-refractivity contribution in [2.45, 2.75) is 25.6 Å². The number of halogens is 4. The van der Waals surface area contributed by atoms with E-state index in [1.54, 1.807) is 49.4 Å². The second-order valence-electron chi connectivity index (χ2n) is 9.96. The standard InChI is InChI=1S/C33H27ClF3N3O3/c1-21(30-38-29-20-25(34)11-16-28(29)32(42)40(30)26-12-14-27(43-2)15-13-26)39(18-17-22-7-4-3-5-8-22)31(41)23-9-6-10-24(19-23)33(35,36)37/h3-16,19-21H,17-18H2,1-2H3. The maximum absolute atomic E-state index is 14.0. The summed E-state index contributed by atoms with van der Waals surface area (Å²) in [6, 6.07) is 24.4. The zero-order valence-electron chi connectivity index (χ0n) is 23.3. The number of methoxy groups -OCH3 is 1. The van der Waals surface area contributed by atoms with Gasteiger partial charge >= 0.3 is 6.18 Å². The monoisotopic (exact) mass is 605 g/mol. The highest BCUT2D eigenvalue weighted by molar-refractivity contribution is 6.31. The molecule has 1 aromatic heterocycles. The number of fused-ring (bicyclic) bond motifs is 1. The fraction of sp³-hybridized carbons (Fsp3) is 0.182. The van der Waals surface area contributed by atoms with E-state index in [4.69, 9.17) is 21.3 Å². The molecule has 0 saturated carbocycles. The first kappa shape index (κ1) is 29.8.